The van der Waals surface area contributed by atoms with Gasteiger partial charge in [0, 0.05) is 6.61 Å². The highest BCUT2D eigenvalue weighted by molar-refractivity contribution is 5.91. The van der Waals surface area contributed by atoms with Crippen molar-refractivity contribution < 1.29 is 24.2 Å². The average Bonchev–Trinajstić information content (AvgIpc) is 2.90. The second kappa shape index (κ2) is 30.0. The minimum Gasteiger partial charge on any atom is -0.461 e. The summed E-state index contributed by atoms with van der Waals surface area (Å²) in [5.41, 5.74) is -0.0952. The number of carbonyl (C=O) groups is 2. The molecular formula is C32H61NO5. The molecule has 0 saturated carbocycles. The number of amides is 1. The van der Waals surface area contributed by atoms with Crippen molar-refractivity contribution in [3.05, 3.63) is 12.3 Å². The predicted octanol–water partition coefficient (Wildman–Crippen LogP) is 9.14. The molecule has 6 nitrogen and oxygen atoms in total. The summed E-state index contributed by atoms with van der Waals surface area (Å²) < 4.78 is 9.82. The summed E-state index contributed by atoms with van der Waals surface area (Å²) in [5.74, 6) is -0.634. The Kier molecular flexibility index (Phi) is 28.8. The average molecular weight is 540 g/mol. The maximum absolute atomic E-state index is 11.6. The van der Waals surface area contributed by atoms with Gasteiger partial charge >= 0.3 is 12.1 Å². The van der Waals surface area contributed by atoms with Crippen molar-refractivity contribution in [2.45, 2.75) is 161 Å². The summed E-state index contributed by atoms with van der Waals surface area (Å²) in [5, 5.41) is 11.1. The van der Waals surface area contributed by atoms with Crippen molar-refractivity contribution in [1.82, 2.24) is 5.32 Å². The van der Waals surface area contributed by atoms with Crippen LogP contribution in [0.4, 0.5) is 4.79 Å². The summed E-state index contributed by atoms with van der Waals surface area (Å²) in [6, 6.07) is 0. The van der Waals surface area contributed by atoms with Crippen molar-refractivity contribution in [2.75, 3.05) is 19.8 Å². The van der Waals surface area contributed by atoms with Gasteiger partial charge < -0.3 is 14.6 Å². The van der Waals surface area contributed by atoms with Gasteiger partial charge in [-0.15, -0.1) is 0 Å². The molecule has 1 amide bonds. The Morgan fingerprint density at radius 2 is 0.868 bits per heavy atom. The van der Waals surface area contributed by atoms with Gasteiger partial charge in [0.2, 0.25) is 0 Å². The highest BCUT2D eigenvalue weighted by Crippen LogP contribution is 2.15. The lowest BCUT2D eigenvalue weighted by molar-refractivity contribution is -0.138. The Morgan fingerprint density at radius 1 is 0.553 bits per heavy atom. The third-order valence-electron chi connectivity index (χ3n) is 7.06. The van der Waals surface area contributed by atoms with Crippen LogP contribution >= 0.6 is 0 Å². The Bertz CT molecular complexity index is 552. The predicted molar refractivity (Wildman–Crippen MR) is 158 cm³/mol. The Morgan fingerprint density at radius 3 is 1.18 bits per heavy atom. The maximum Gasteiger partial charge on any atom is 0.411 e. The van der Waals surface area contributed by atoms with Crippen LogP contribution in [0.1, 0.15) is 161 Å². The third-order valence-corrected chi connectivity index (χ3v) is 7.06. The van der Waals surface area contributed by atoms with Gasteiger partial charge in [0.25, 0.3) is 0 Å². The fourth-order valence-corrected chi connectivity index (χ4v) is 4.70. The number of nitrogens with one attached hydrogen (secondary N) is 1. The van der Waals surface area contributed by atoms with Crippen LogP contribution in [0.5, 0.6) is 0 Å². The van der Waals surface area contributed by atoms with E-state index in [4.69, 9.17) is 14.6 Å². The van der Waals surface area contributed by atoms with Crippen LogP contribution in [0.3, 0.4) is 0 Å². The molecule has 0 heterocycles. The zero-order valence-corrected chi connectivity index (χ0v) is 24.9. The first-order valence-electron chi connectivity index (χ1n) is 16.0. The van der Waals surface area contributed by atoms with Gasteiger partial charge in [0.05, 0.1) is 13.2 Å². The molecule has 0 aromatic heterocycles. The molecule has 0 aliphatic rings. The van der Waals surface area contributed by atoms with E-state index in [1.807, 2.05) is 0 Å². The fourth-order valence-electron chi connectivity index (χ4n) is 4.70. The van der Waals surface area contributed by atoms with Crippen molar-refractivity contribution in [3.63, 3.8) is 0 Å². The maximum atomic E-state index is 11.6. The molecule has 0 rings (SSSR count). The number of hydrogen-bond donors (Lipinski definition) is 2. The normalized spacial score (nSPS) is 10.9. The molecule has 0 aromatic carbocycles. The minimum absolute atomic E-state index is 0.0952. The lowest BCUT2D eigenvalue weighted by Gasteiger charge is -2.08. The molecule has 0 atom stereocenters. The number of unbranched alkanes of at least 4 members (excludes halogenated alkanes) is 23. The topological polar surface area (TPSA) is 84.9 Å². The SMILES string of the molecule is C=C(NC(=O)OCCCCCCCCCCCCCCCCCCCCCCCCCCO)C(=O)OCC. The summed E-state index contributed by atoms with van der Waals surface area (Å²) in [6.45, 7) is 6.12. The van der Waals surface area contributed by atoms with E-state index in [-0.39, 0.29) is 12.3 Å². The van der Waals surface area contributed by atoms with Gasteiger partial charge in [-0.3, -0.25) is 5.32 Å². The van der Waals surface area contributed by atoms with E-state index in [9.17, 15) is 9.59 Å². The second-order valence-electron chi connectivity index (χ2n) is 10.7. The number of aliphatic hydroxyl groups is 1. The molecule has 0 fully saturated rings. The highest BCUT2D eigenvalue weighted by atomic mass is 16.6. The molecule has 0 bridgehead atoms. The molecule has 2 N–H and O–H groups in total. The largest absolute Gasteiger partial charge is 0.461 e. The summed E-state index contributed by atoms with van der Waals surface area (Å²) in [4.78, 5) is 23.0. The van der Waals surface area contributed by atoms with Crippen LogP contribution < -0.4 is 5.32 Å². The lowest BCUT2D eigenvalue weighted by Crippen LogP contribution is -2.28. The zero-order valence-electron chi connectivity index (χ0n) is 24.9. The van der Waals surface area contributed by atoms with Crippen LogP contribution in [0.2, 0.25) is 0 Å². The van der Waals surface area contributed by atoms with Gasteiger partial charge in [0.1, 0.15) is 5.70 Å². The third kappa shape index (κ3) is 27.5. The molecule has 0 saturated heterocycles. The van der Waals surface area contributed by atoms with E-state index < -0.39 is 12.1 Å². The Hall–Kier alpha value is -1.56. The van der Waals surface area contributed by atoms with Gasteiger partial charge in [-0.2, -0.15) is 0 Å². The molecule has 0 unspecified atom stereocenters. The van der Waals surface area contributed by atoms with Crippen LogP contribution in [-0.2, 0) is 14.3 Å². The minimum atomic E-state index is -0.651. The molecule has 38 heavy (non-hydrogen) atoms. The monoisotopic (exact) mass is 539 g/mol. The fraction of sp³-hybridized carbons (Fsp3) is 0.875. The van der Waals surface area contributed by atoms with Gasteiger partial charge in [-0.1, -0.05) is 148 Å². The van der Waals surface area contributed by atoms with Crippen LogP contribution in [0.15, 0.2) is 12.3 Å². The molecule has 6 heteroatoms. The number of esters is 1. The first-order valence-corrected chi connectivity index (χ1v) is 16.0. The highest BCUT2D eigenvalue weighted by Gasteiger charge is 2.11. The quantitative estimate of drug-likeness (QED) is 0.0562. The van der Waals surface area contributed by atoms with Crippen molar-refractivity contribution in [3.8, 4) is 0 Å². The number of alkyl carbamates (subject to hydrolysis) is 1. The van der Waals surface area contributed by atoms with Crippen LogP contribution in [-0.4, -0.2) is 37.0 Å². The number of aliphatic hydroxyl groups excluding tert-OH is 1. The van der Waals surface area contributed by atoms with Gasteiger partial charge in [0.15, 0.2) is 0 Å². The molecule has 0 aromatic rings. The zero-order chi connectivity index (χ0) is 27.9. The second-order valence-corrected chi connectivity index (χ2v) is 10.7. The van der Waals surface area contributed by atoms with Gasteiger partial charge in [-0.25, -0.2) is 9.59 Å². The molecule has 0 aliphatic carbocycles. The van der Waals surface area contributed by atoms with Gasteiger partial charge in [-0.05, 0) is 19.8 Å². The van der Waals surface area contributed by atoms with Crippen molar-refractivity contribution in [2.24, 2.45) is 0 Å². The molecular weight excluding hydrogens is 478 g/mol. The lowest BCUT2D eigenvalue weighted by atomic mass is 10.0. The molecule has 0 radical (unpaired) electrons. The number of ether oxygens (including phenoxy) is 2. The first-order chi connectivity index (χ1) is 18.6. The Labute approximate surface area is 234 Å². The molecule has 0 spiro atoms. The molecule has 224 valence electrons. The summed E-state index contributed by atoms with van der Waals surface area (Å²) >= 11 is 0. The van der Waals surface area contributed by atoms with E-state index >= 15 is 0 Å². The van der Waals surface area contributed by atoms with Crippen molar-refractivity contribution in [1.29, 1.82) is 0 Å². The number of rotatable bonds is 29. The first kappa shape index (κ1) is 36.4. The number of hydrogen-bond acceptors (Lipinski definition) is 5. The van der Waals surface area contributed by atoms with E-state index in [2.05, 4.69) is 11.9 Å². The standard InChI is InChI=1S/C32H61NO5/c1-3-37-31(35)30(2)33-32(36)38-29-27-25-23-21-19-17-15-13-11-9-7-5-4-6-8-10-12-14-16-18-20-22-24-26-28-34/h34H,2-29H2,1H3,(H,33,36). The summed E-state index contributed by atoms with van der Waals surface area (Å²) in [7, 11) is 0. The van der Waals surface area contributed by atoms with E-state index in [1.54, 1.807) is 6.92 Å². The smallest absolute Gasteiger partial charge is 0.411 e. The van der Waals surface area contributed by atoms with Crippen molar-refractivity contribution >= 4 is 12.1 Å². The van der Waals surface area contributed by atoms with E-state index in [1.165, 1.54) is 135 Å². The molecule has 0 aliphatic heterocycles. The van der Waals surface area contributed by atoms with E-state index in [0.717, 1.165) is 19.3 Å². The number of carbonyl (C=O) groups excluding carboxylic acids is 2. The van der Waals surface area contributed by atoms with E-state index in [0.29, 0.717) is 13.2 Å². The Balaban J connectivity index is 3.18. The summed E-state index contributed by atoms with van der Waals surface area (Å²) in [6.07, 6.45) is 30.8. The van der Waals surface area contributed by atoms with Crippen LogP contribution in [0, 0.1) is 0 Å². The van der Waals surface area contributed by atoms with Crippen LogP contribution in [0.25, 0.3) is 0 Å².